The monoisotopic (exact) mass is 457 g/mol. The molecule has 2 aromatic heterocycles. The summed E-state index contributed by atoms with van der Waals surface area (Å²) in [5, 5.41) is 17.7. The van der Waals surface area contributed by atoms with Crippen molar-refractivity contribution >= 4 is 48.1 Å². The maximum atomic E-state index is 12.5. The molecule has 2 heterocycles. The second-order valence-electron chi connectivity index (χ2n) is 6.72. The number of benzene rings is 2. The SMILES string of the molecule is CS(=O)(=O)c1ccc2nc(NC(=O)c3ccc(Cn4cc([N+](=O)[O-])cn4)cc3)sc2c1. The number of sulfone groups is 1. The molecule has 0 unspecified atom stereocenters. The Kier molecular flexibility index (Phi) is 5.25. The van der Waals surface area contributed by atoms with Crippen molar-refractivity contribution in [2.24, 2.45) is 0 Å². The van der Waals surface area contributed by atoms with Crippen molar-refractivity contribution in [3.63, 3.8) is 0 Å². The molecule has 0 aliphatic carbocycles. The molecule has 10 nitrogen and oxygen atoms in total. The fraction of sp³-hybridized carbons (Fsp3) is 0.105. The predicted octanol–water partition coefficient (Wildman–Crippen LogP) is 3.11. The summed E-state index contributed by atoms with van der Waals surface area (Å²) in [7, 11) is -3.33. The number of nitrogens with one attached hydrogen (secondary N) is 1. The van der Waals surface area contributed by atoms with E-state index >= 15 is 0 Å². The Morgan fingerprint density at radius 3 is 2.61 bits per heavy atom. The zero-order valence-electron chi connectivity index (χ0n) is 16.0. The molecular formula is C19H15N5O5S2. The molecule has 2 aromatic carbocycles. The molecule has 0 bridgehead atoms. The lowest BCUT2D eigenvalue weighted by Crippen LogP contribution is -2.11. The molecule has 0 atom stereocenters. The van der Waals surface area contributed by atoms with E-state index in [0.717, 1.165) is 11.8 Å². The minimum Gasteiger partial charge on any atom is -0.298 e. The van der Waals surface area contributed by atoms with Gasteiger partial charge >= 0.3 is 5.69 Å². The highest BCUT2D eigenvalue weighted by molar-refractivity contribution is 7.90. The minimum atomic E-state index is -3.33. The number of nitrogens with zero attached hydrogens (tertiary/aromatic N) is 4. The summed E-state index contributed by atoms with van der Waals surface area (Å²) in [5.74, 6) is -0.358. The molecule has 0 aliphatic rings. The van der Waals surface area contributed by atoms with Gasteiger partial charge < -0.3 is 0 Å². The van der Waals surface area contributed by atoms with E-state index < -0.39 is 14.8 Å². The second-order valence-corrected chi connectivity index (χ2v) is 9.77. The van der Waals surface area contributed by atoms with Crippen molar-refractivity contribution in [1.29, 1.82) is 0 Å². The van der Waals surface area contributed by atoms with E-state index in [0.29, 0.717) is 27.5 Å². The Labute approximate surface area is 180 Å². The van der Waals surface area contributed by atoms with Crippen LogP contribution in [0.4, 0.5) is 10.8 Å². The van der Waals surface area contributed by atoms with E-state index in [-0.39, 0.29) is 16.5 Å². The lowest BCUT2D eigenvalue weighted by atomic mass is 10.1. The first-order valence-corrected chi connectivity index (χ1v) is 11.6. The first kappa shape index (κ1) is 20.6. The molecule has 31 heavy (non-hydrogen) atoms. The van der Waals surface area contributed by atoms with Gasteiger partial charge in [-0.1, -0.05) is 23.5 Å². The van der Waals surface area contributed by atoms with Gasteiger partial charge in [0.05, 0.1) is 26.6 Å². The fourth-order valence-corrected chi connectivity index (χ4v) is 4.46. The Balaban J connectivity index is 1.46. The van der Waals surface area contributed by atoms with Gasteiger partial charge in [-0.15, -0.1) is 0 Å². The predicted molar refractivity (Wildman–Crippen MR) is 115 cm³/mol. The Morgan fingerprint density at radius 1 is 1.23 bits per heavy atom. The summed E-state index contributed by atoms with van der Waals surface area (Å²) < 4.78 is 25.5. The van der Waals surface area contributed by atoms with Crippen LogP contribution in [0.5, 0.6) is 0 Å². The van der Waals surface area contributed by atoms with Gasteiger partial charge in [0, 0.05) is 11.8 Å². The maximum Gasteiger partial charge on any atom is 0.307 e. The van der Waals surface area contributed by atoms with Gasteiger partial charge in [0.15, 0.2) is 15.0 Å². The second kappa shape index (κ2) is 7.89. The third kappa shape index (κ3) is 4.59. The number of rotatable bonds is 6. The lowest BCUT2D eigenvalue weighted by Gasteiger charge is -2.04. The van der Waals surface area contributed by atoms with Crippen LogP contribution in [0.25, 0.3) is 10.2 Å². The molecule has 1 amide bonds. The zero-order chi connectivity index (χ0) is 22.2. The molecule has 0 saturated heterocycles. The van der Waals surface area contributed by atoms with E-state index in [9.17, 15) is 23.3 Å². The van der Waals surface area contributed by atoms with Crippen LogP contribution in [0.1, 0.15) is 15.9 Å². The number of fused-ring (bicyclic) bond motifs is 1. The Morgan fingerprint density at radius 2 is 1.97 bits per heavy atom. The number of amides is 1. The number of hydrogen-bond acceptors (Lipinski definition) is 8. The number of hydrogen-bond donors (Lipinski definition) is 1. The number of aromatic nitrogens is 3. The van der Waals surface area contributed by atoms with Crippen molar-refractivity contribution in [3.8, 4) is 0 Å². The summed E-state index contributed by atoms with van der Waals surface area (Å²) in [6.45, 7) is 0.330. The molecule has 4 aromatic rings. The van der Waals surface area contributed by atoms with Crippen molar-refractivity contribution in [2.45, 2.75) is 11.4 Å². The zero-order valence-corrected chi connectivity index (χ0v) is 17.7. The van der Waals surface area contributed by atoms with Gasteiger partial charge in [0.1, 0.15) is 12.4 Å². The molecule has 0 radical (unpaired) electrons. The third-order valence-corrected chi connectivity index (χ3v) is 6.44. The van der Waals surface area contributed by atoms with Crippen molar-refractivity contribution in [3.05, 3.63) is 76.1 Å². The average Bonchev–Trinajstić information content (AvgIpc) is 3.33. The summed E-state index contributed by atoms with van der Waals surface area (Å²) in [4.78, 5) is 27.3. The van der Waals surface area contributed by atoms with Crippen LogP contribution < -0.4 is 5.32 Å². The van der Waals surface area contributed by atoms with Crippen LogP contribution in [-0.2, 0) is 16.4 Å². The van der Waals surface area contributed by atoms with E-state index in [1.165, 1.54) is 40.5 Å². The highest BCUT2D eigenvalue weighted by Gasteiger charge is 2.14. The van der Waals surface area contributed by atoms with Gasteiger partial charge in [-0.2, -0.15) is 5.10 Å². The summed E-state index contributed by atoms with van der Waals surface area (Å²) >= 11 is 1.19. The van der Waals surface area contributed by atoms with Gasteiger partial charge in [-0.05, 0) is 35.9 Å². The molecule has 12 heteroatoms. The minimum absolute atomic E-state index is 0.0875. The van der Waals surface area contributed by atoms with Crippen molar-refractivity contribution in [1.82, 2.24) is 14.8 Å². The summed E-state index contributed by atoms with van der Waals surface area (Å²) in [6.07, 6.45) is 3.65. The van der Waals surface area contributed by atoms with Gasteiger partial charge in [0.25, 0.3) is 5.91 Å². The number of thiazole rings is 1. The molecular weight excluding hydrogens is 442 g/mol. The maximum absolute atomic E-state index is 12.5. The standard InChI is InChI=1S/C19H15N5O5S2/c1-31(28,29)15-6-7-16-17(8-15)30-19(21-16)22-18(25)13-4-2-12(3-5-13)10-23-11-14(9-20-23)24(26)27/h2-9,11H,10H2,1H3,(H,21,22,25). The average molecular weight is 457 g/mol. The van der Waals surface area contributed by atoms with Gasteiger partial charge in [-0.25, -0.2) is 13.4 Å². The first-order valence-electron chi connectivity index (χ1n) is 8.87. The highest BCUT2D eigenvalue weighted by atomic mass is 32.2. The molecule has 0 fully saturated rings. The van der Waals surface area contributed by atoms with E-state index in [4.69, 9.17) is 0 Å². The number of anilines is 1. The van der Waals surface area contributed by atoms with Crippen molar-refractivity contribution in [2.75, 3.05) is 11.6 Å². The van der Waals surface area contributed by atoms with Crippen LogP contribution in [0.2, 0.25) is 0 Å². The number of carbonyl (C=O) groups excluding carboxylic acids is 1. The quantitative estimate of drug-likeness (QED) is 0.347. The van der Waals surface area contributed by atoms with E-state index in [1.807, 2.05) is 0 Å². The number of nitro groups is 1. The highest BCUT2D eigenvalue weighted by Crippen LogP contribution is 2.28. The van der Waals surface area contributed by atoms with Gasteiger partial charge in [-0.3, -0.25) is 24.9 Å². The first-order chi connectivity index (χ1) is 14.7. The summed E-state index contributed by atoms with van der Waals surface area (Å²) in [5.41, 5.74) is 1.74. The summed E-state index contributed by atoms with van der Waals surface area (Å²) in [6, 6.07) is 11.4. The molecule has 1 N–H and O–H groups in total. The van der Waals surface area contributed by atoms with Crippen LogP contribution >= 0.6 is 11.3 Å². The molecule has 0 spiro atoms. The van der Waals surface area contributed by atoms with Crippen LogP contribution in [0.15, 0.2) is 59.8 Å². The van der Waals surface area contributed by atoms with Crippen molar-refractivity contribution < 1.29 is 18.1 Å². The molecule has 158 valence electrons. The van der Waals surface area contributed by atoms with E-state index in [2.05, 4.69) is 15.4 Å². The molecule has 0 aliphatic heterocycles. The number of carbonyl (C=O) groups is 1. The Hall–Kier alpha value is -3.64. The normalized spacial score (nSPS) is 11.5. The van der Waals surface area contributed by atoms with E-state index in [1.54, 1.807) is 30.3 Å². The third-order valence-electron chi connectivity index (χ3n) is 4.40. The topological polar surface area (TPSA) is 137 Å². The van der Waals surface area contributed by atoms with Crippen LogP contribution in [0.3, 0.4) is 0 Å². The fourth-order valence-electron chi connectivity index (χ4n) is 2.84. The largest absolute Gasteiger partial charge is 0.307 e. The Bertz CT molecular complexity index is 1410. The molecule has 4 rings (SSSR count). The molecule has 0 saturated carbocycles. The van der Waals surface area contributed by atoms with Crippen LogP contribution in [-0.4, -0.2) is 40.3 Å². The van der Waals surface area contributed by atoms with Gasteiger partial charge in [0.2, 0.25) is 0 Å². The smallest absolute Gasteiger partial charge is 0.298 e. The lowest BCUT2D eigenvalue weighted by molar-refractivity contribution is -0.385. The van der Waals surface area contributed by atoms with Crippen LogP contribution in [0, 0.1) is 10.1 Å².